The summed E-state index contributed by atoms with van der Waals surface area (Å²) in [6.45, 7) is 1.88. The number of rotatable bonds is 3. The van der Waals surface area contributed by atoms with Crippen LogP contribution in [0.2, 0.25) is 0 Å². The standard InChI is InChI=1S/C12H15FN2O5S/c1-8-7-14(5-4-11(8)16)21(19,20)12-3-2-9(15(17)18)6-10(12)13/h2-3,6,8,11,16H,4-5,7H2,1H3. The molecule has 0 aliphatic carbocycles. The highest BCUT2D eigenvalue weighted by Crippen LogP contribution is 2.27. The van der Waals surface area contributed by atoms with Crippen LogP contribution in [-0.4, -0.2) is 41.9 Å². The zero-order chi connectivity index (χ0) is 15.8. The molecule has 1 aromatic rings. The van der Waals surface area contributed by atoms with Crippen LogP contribution in [0.4, 0.5) is 10.1 Å². The number of hydrogen-bond donors (Lipinski definition) is 1. The molecule has 1 aliphatic rings. The van der Waals surface area contributed by atoms with Gasteiger partial charge in [0, 0.05) is 19.2 Å². The minimum absolute atomic E-state index is 0.0833. The largest absolute Gasteiger partial charge is 0.393 e. The molecule has 0 spiro atoms. The van der Waals surface area contributed by atoms with Gasteiger partial charge in [0.25, 0.3) is 5.69 Å². The molecule has 0 aromatic heterocycles. The molecule has 2 unspecified atom stereocenters. The van der Waals surface area contributed by atoms with Crippen molar-refractivity contribution in [1.29, 1.82) is 0 Å². The van der Waals surface area contributed by atoms with Crippen molar-refractivity contribution in [1.82, 2.24) is 4.31 Å². The first-order valence-corrected chi connectivity index (χ1v) is 7.79. The van der Waals surface area contributed by atoms with Gasteiger partial charge in [0.15, 0.2) is 0 Å². The molecule has 9 heteroatoms. The number of hydrogen-bond acceptors (Lipinski definition) is 5. The SMILES string of the molecule is CC1CN(S(=O)(=O)c2ccc([N+](=O)[O-])cc2F)CCC1O. The lowest BCUT2D eigenvalue weighted by Crippen LogP contribution is -2.45. The van der Waals surface area contributed by atoms with Crippen molar-refractivity contribution >= 4 is 15.7 Å². The van der Waals surface area contributed by atoms with Gasteiger partial charge in [-0.2, -0.15) is 4.31 Å². The third-order valence-electron chi connectivity index (χ3n) is 3.57. The number of nitrogens with zero attached hydrogens (tertiary/aromatic N) is 2. The minimum Gasteiger partial charge on any atom is -0.393 e. The van der Waals surface area contributed by atoms with Gasteiger partial charge in [-0.25, -0.2) is 12.8 Å². The number of piperidine rings is 1. The molecule has 1 heterocycles. The fourth-order valence-electron chi connectivity index (χ4n) is 2.26. The molecule has 7 nitrogen and oxygen atoms in total. The van der Waals surface area contributed by atoms with Crippen molar-refractivity contribution in [2.24, 2.45) is 5.92 Å². The molecule has 1 fully saturated rings. The van der Waals surface area contributed by atoms with E-state index < -0.39 is 37.5 Å². The van der Waals surface area contributed by atoms with Crippen LogP contribution in [0, 0.1) is 21.8 Å². The summed E-state index contributed by atoms with van der Waals surface area (Å²) in [6, 6.07) is 2.45. The molecule has 1 N–H and O–H groups in total. The highest BCUT2D eigenvalue weighted by molar-refractivity contribution is 7.89. The van der Waals surface area contributed by atoms with Crippen molar-refractivity contribution in [3.63, 3.8) is 0 Å². The van der Waals surface area contributed by atoms with Crippen molar-refractivity contribution in [3.8, 4) is 0 Å². The maximum Gasteiger partial charge on any atom is 0.272 e. The Balaban J connectivity index is 2.34. The first kappa shape index (κ1) is 15.8. The van der Waals surface area contributed by atoms with E-state index in [0.29, 0.717) is 6.07 Å². The average molecular weight is 318 g/mol. The molecule has 1 saturated heterocycles. The Hall–Kier alpha value is -1.58. The topological polar surface area (TPSA) is 101 Å². The third-order valence-corrected chi connectivity index (χ3v) is 5.47. The van der Waals surface area contributed by atoms with Gasteiger partial charge in [0.1, 0.15) is 10.7 Å². The van der Waals surface area contributed by atoms with Gasteiger partial charge in [-0.15, -0.1) is 0 Å². The lowest BCUT2D eigenvalue weighted by atomic mass is 9.99. The number of non-ortho nitro benzene ring substituents is 1. The Morgan fingerprint density at radius 2 is 2.14 bits per heavy atom. The quantitative estimate of drug-likeness (QED) is 0.665. The molecule has 0 bridgehead atoms. The van der Waals surface area contributed by atoms with Gasteiger partial charge in [0.2, 0.25) is 10.0 Å². The number of aliphatic hydroxyl groups is 1. The maximum absolute atomic E-state index is 13.9. The second-order valence-corrected chi connectivity index (χ2v) is 6.97. The van der Waals surface area contributed by atoms with Crippen molar-refractivity contribution in [2.75, 3.05) is 13.1 Å². The predicted octanol–water partition coefficient (Wildman–Crippen LogP) is 1.13. The van der Waals surface area contributed by atoms with Gasteiger partial charge in [0.05, 0.1) is 17.1 Å². The van der Waals surface area contributed by atoms with Crippen molar-refractivity contribution in [3.05, 3.63) is 34.1 Å². The Morgan fingerprint density at radius 3 is 2.67 bits per heavy atom. The van der Waals surface area contributed by atoms with E-state index in [1.54, 1.807) is 6.92 Å². The van der Waals surface area contributed by atoms with E-state index in [-0.39, 0.29) is 25.4 Å². The summed E-state index contributed by atoms with van der Waals surface area (Å²) in [5.41, 5.74) is -0.506. The lowest BCUT2D eigenvalue weighted by Gasteiger charge is -2.33. The van der Waals surface area contributed by atoms with Gasteiger partial charge < -0.3 is 5.11 Å². The summed E-state index contributed by atoms with van der Waals surface area (Å²) in [6.07, 6.45) is -0.312. The summed E-state index contributed by atoms with van der Waals surface area (Å²) < 4.78 is 39.7. The van der Waals surface area contributed by atoms with Crippen LogP contribution >= 0.6 is 0 Å². The lowest BCUT2D eigenvalue weighted by molar-refractivity contribution is -0.385. The Kier molecular flexibility index (Phi) is 4.26. The van der Waals surface area contributed by atoms with Crippen LogP contribution in [0.3, 0.4) is 0 Å². The Bertz CT molecular complexity index is 664. The second-order valence-electron chi connectivity index (χ2n) is 5.07. The van der Waals surface area contributed by atoms with E-state index in [1.165, 1.54) is 0 Å². The van der Waals surface area contributed by atoms with Crippen LogP contribution in [-0.2, 0) is 10.0 Å². The van der Waals surface area contributed by atoms with Crippen molar-refractivity contribution in [2.45, 2.75) is 24.3 Å². The second kappa shape index (κ2) is 5.66. The third kappa shape index (κ3) is 3.04. The highest BCUT2D eigenvalue weighted by atomic mass is 32.2. The van der Waals surface area contributed by atoms with E-state index in [2.05, 4.69) is 0 Å². The number of halogens is 1. The van der Waals surface area contributed by atoms with Crippen LogP contribution in [0.15, 0.2) is 23.1 Å². The molecule has 1 aliphatic heterocycles. The van der Waals surface area contributed by atoms with Gasteiger partial charge in [-0.1, -0.05) is 6.92 Å². The van der Waals surface area contributed by atoms with E-state index in [1.807, 2.05) is 0 Å². The van der Waals surface area contributed by atoms with Crippen LogP contribution in [0.1, 0.15) is 13.3 Å². The molecule has 2 atom stereocenters. The number of aliphatic hydroxyl groups excluding tert-OH is 1. The summed E-state index contributed by atoms with van der Waals surface area (Å²) in [4.78, 5) is 9.17. The fourth-order valence-corrected chi connectivity index (χ4v) is 3.87. The summed E-state index contributed by atoms with van der Waals surface area (Å²) in [5, 5.41) is 20.2. The zero-order valence-corrected chi connectivity index (χ0v) is 12.1. The van der Waals surface area contributed by atoms with Gasteiger partial charge >= 0.3 is 0 Å². The molecule has 21 heavy (non-hydrogen) atoms. The van der Waals surface area contributed by atoms with E-state index in [9.17, 15) is 28.0 Å². The van der Waals surface area contributed by atoms with Gasteiger partial charge in [-0.3, -0.25) is 10.1 Å². The summed E-state index contributed by atoms with van der Waals surface area (Å²) in [5.74, 6) is -1.40. The highest BCUT2D eigenvalue weighted by Gasteiger charge is 2.34. The predicted molar refractivity (Wildman–Crippen MR) is 71.6 cm³/mol. The molecule has 1 aromatic carbocycles. The summed E-state index contributed by atoms with van der Waals surface area (Å²) in [7, 11) is -4.07. The molecular weight excluding hydrogens is 303 g/mol. The maximum atomic E-state index is 13.9. The number of benzene rings is 1. The monoisotopic (exact) mass is 318 g/mol. The minimum atomic E-state index is -4.07. The number of nitro benzene ring substituents is 1. The van der Waals surface area contributed by atoms with Gasteiger partial charge in [-0.05, 0) is 18.4 Å². The smallest absolute Gasteiger partial charge is 0.272 e. The first-order valence-electron chi connectivity index (χ1n) is 6.35. The Morgan fingerprint density at radius 1 is 1.48 bits per heavy atom. The van der Waals surface area contributed by atoms with Crippen LogP contribution in [0.5, 0.6) is 0 Å². The normalized spacial score (nSPS) is 24.0. The van der Waals surface area contributed by atoms with E-state index in [4.69, 9.17) is 0 Å². The van der Waals surface area contributed by atoms with Crippen LogP contribution < -0.4 is 0 Å². The Labute approximate surface area is 121 Å². The zero-order valence-electron chi connectivity index (χ0n) is 11.3. The first-order chi connectivity index (χ1) is 9.73. The molecule has 2 rings (SSSR count). The molecule has 116 valence electrons. The number of sulfonamides is 1. The van der Waals surface area contributed by atoms with E-state index in [0.717, 1.165) is 16.4 Å². The summed E-state index contributed by atoms with van der Waals surface area (Å²) >= 11 is 0. The van der Waals surface area contributed by atoms with Crippen molar-refractivity contribution < 1.29 is 22.8 Å². The average Bonchev–Trinajstić information content (AvgIpc) is 2.41. The molecule has 0 radical (unpaired) electrons. The van der Waals surface area contributed by atoms with Crippen LogP contribution in [0.25, 0.3) is 0 Å². The molecule has 0 amide bonds. The number of nitro groups is 1. The molecular formula is C12H15FN2O5S. The fraction of sp³-hybridized carbons (Fsp3) is 0.500. The molecule has 0 saturated carbocycles. The van der Waals surface area contributed by atoms with E-state index >= 15 is 0 Å².